The summed E-state index contributed by atoms with van der Waals surface area (Å²) < 4.78 is 5.01. The van der Waals surface area contributed by atoms with Crippen LogP contribution in [0.25, 0.3) is 0 Å². The quantitative estimate of drug-likeness (QED) is 0.766. The van der Waals surface area contributed by atoms with Crippen LogP contribution in [-0.4, -0.2) is 39.3 Å². The molecule has 1 aromatic rings. The van der Waals surface area contributed by atoms with Gasteiger partial charge in [0, 0.05) is 32.6 Å². The van der Waals surface area contributed by atoms with E-state index >= 15 is 0 Å². The third kappa shape index (κ3) is 3.25. The van der Waals surface area contributed by atoms with Crippen molar-refractivity contribution in [3.63, 3.8) is 0 Å². The molecule has 5 heteroatoms. The molecule has 0 atom stereocenters. The Kier molecular flexibility index (Phi) is 4.86. The van der Waals surface area contributed by atoms with Gasteiger partial charge in [-0.25, -0.2) is 4.98 Å². The summed E-state index contributed by atoms with van der Waals surface area (Å²) in [7, 11) is 5.66. The molecule has 4 nitrogen and oxygen atoms in total. The number of thiazole rings is 1. The number of methoxy groups -OCH3 is 1. The summed E-state index contributed by atoms with van der Waals surface area (Å²) in [5.74, 6) is 0. The van der Waals surface area contributed by atoms with Crippen LogP contribution in [0.15, 0.2) is 5.38 Å². The van der Waals surface area contributed by atoms with Gasteiger partial charge < -0.3 is 15.0 Å². The molecule has 0 spiro atoms. The van der Waals surface area contributed by atoms with E-state index in [0.29, 0.717) is 0 Å². The highest BCUT2D eigenvalue weighted by molar-refractivity contribution is 7.13. The lowest BCUT2D eigenvalue weighted by atomic mass is 10.5. The van der Waals surface area contributed by atoms with Crippen LogP contribution in [-0.2, 0) is 11.3 Å². The number of hydrogen-bond donors (Lipinski definition) is 1. The average Bonchev–Trinajstić information content (AvgIpc) is 2.63. The number of aromatic nitrogens is 1. The molecular weight excluding hydrogens is 198 g/mol. The fourth-order valence-corrected chi connectivity index (χ4v) is 1.88. The van der Waals surface area contributed by atoms with Crippen molar-refractivity contribution < 1.29 is 4.74 Å². The smallest absolute Gasteiger partial charge is 0.185 e. The van der Waals surface area contributed by atoms with Gasteiger partial charge in [0.15, 0.2) is 5.13 Å². The summed E-state index contributed by atoms with van der Waals surface area (Å²) >= 11 is 1.67. The standard InChI is InChI=1S/C9H17N3OS/c1-10-6-8-7-14-9(11-8)12(2)4-5-13-3/h7,10H,4-6H2,1-3H3. The fourth-order valence-electron chi connectivity index (χ4n) is 1.06. The maximum Gasteiger partial charge on any atom is 0.185 e. The number of nitrogens with zero attached hydrogens (tertiary/aromatic N) is 2. The van der Waals surface area contributed by atoms with Crippen LogP contribution in [0.1, 0.15) is 5.69 Å². The largest absolute Gasteiger partial charge is 0.383 e. The Balaban J connectivity index is 2.48. The molecule has 0 aromatic carbocycles. The van der Waals surface area contributed by atoms with Crippen LogP contribution in [0.2, 0.25) is 0 Å². The molecule has 1 heterocycles. The molecule has 0 aliphatic heterocycles. The molecule has 0 amide bonds. The predicted octanol–water partition coefficient (Wildman–Crippen LogP) is 0.945. The van der Waals surface area contributed by atoms with E-state index in [1.54, 1.807) is 18.4 Å². The normalized spacial score (nSPS) is 10.5. The van der Waals surface area contributed by atoms with Gasteiger partial charge in [0.05, 0.1) is 12.3 Å². The van der Waals surface area contributed by atoms with Gasteiger partial charge in [-0.15, -0.1) is 11.3 Å². The third-order valence-corrected chi connectivity index (χ3v) is 2.86. The first kappa shape index (κ1) is 11.4. The van der Waals surface area contributed by atoms with Gasteiger partial charge in [-0.1, -0.05) is 0 Å². The molecule has 1 N–H and O–H groups in total. The molecule has 0 saturated carbocycles. The molecule has 0 bridgehead atoms. The van der Waals surface area contributed by atoms with E-state index in [1.165, 1.54) is 0 Å². The van der Waals surface area contributed by atoms with Crippen molar-refractivity contribution in [2.45, 2.75) is 6.54 Å². The molecule has 14 heavy (non-hydrogen) atoms. The van der Waals surface area contributed by atoms with Crippen molar-refractivity contribution in [2.24, 2.45) is 0 Å². The van der Waals surface area contributed by atoms with E-state index in [9.17, 15) is 0 Å². The SMILES string of the molecule is CNCc1csc(N(C)CCOC)n1. The highest BCUT2D eigenvalue weighted by atomic mass is 32.1. The van der Waals surface area contributed by atoms with Gasteiger partial charge in [0.25, 0.3) is 0 Å². The van der Waals surface area contributed by atoms with Crippen LogP contribution < -0.4 is 10.2 Å². The summed E-state index contributed by atoms with van der Waals surface area (Å²) in [5.41, 5.74) is 1.09. The Hall–Kier alpha value is -0.650. The second-order valence-corrected chi connectivity index (χ2v) is 3.90. The summed E-state index contributed by atoms with van der Waals surface area (Å²) in [5, 5.41) is 6.21. The summed E-state index contributed by atoms with van der Waals surface area (Å²) in [6, 6.07) is 0. The summed E-state index contributed by atoms with van der Waals surface area (Å²) in [6.07, 6.45) is 0. The Morgan fingerprint density at radius 2 is 2.43 bits per heavy atom. The van der Waals surface area contributed by atoms with Crippen molar-refractivity contribution in [1.29, 1.82) is 0 Å². The van der Waals surface area contributed by atoms with E-state index in [1.807, 2.05) is 14.1 Å². The molecule has 0 fully saturated rings. The van der Waals surface area contributed by atoms with Crippen molar-refractivity contribution in [3.05, 3.63) is 11.1 Å². The topological polar surface area (TPSA) is 37.4 Å². The monoisotopic (exact) mass is 215 g/mol. The number of anilines is 1. The van der Waals surface area contributed by atoms with Gasteiger partial charge in [-0.3, -0.25) is 0 Å². The zero-order valence-corrected chi connectivity index (χ0v) is 9.73. The van der Waals surface area contributed by atoms with E-state index in [4.69, 9.17) is 4.74 Å². The maximum absolute atomic E-state index is 5.01. The van der Waals surface area contributed by atoms with E-state index in [0.717, 1.165) is 30.5 Å². The number of hydrogen-bond acceptors (Lipinski definition) is 5. The minimum Gasteiger partial charge on any atom is -0.383 e. The molecule has 1 rings (SSSR count). The minimum absolute atomic E-state index is 0.734. The lowest BCUT2D eigenvalue weighted by molar-refractivity contribution is 0.206. The lowest BCUT2D eigenvalue weighted by Crippen LogP contribution is -2.21. The van der Waals surface area contributed by atoms with E-state index in [2.05, 4.69) is 20.6 Å². The Bertz CT molecular complexity index is 264. The van der Waals surface area contributed by atoms with Gasteiger partial charge >= 0.3 is 0 Å². The highest BCUT2D eigenvalue weighted by Crippen LogP contribution is 2.18. The maximum atomic E-state index is 5.01. The van der Waals surface area contributed by atoms with Crippen LogP contribution >= 0.6 is 11.3 Å². The van der Waals surface area contributed by atoms with Gasteiger partial charge in [-0.2, -0.15) is 0 Å². The third-order valence-electron chi connectivity index (χ3n) is 1.85. The van der Waals surface area contributed by atoms with Crippen molar-refractivity contribution in [3.8, 4) is 0 Å². The summed E-state index contributed by atoms with van der Waals surface area (Å²) in [6.45, 7) is 2.44. The van der Waals surface area contributed by atoms with Gasteiger partial charge in [0.2, 0.25) is 0 Å². The average molecular weight is 215 g/mol. The lowest BCUT2D eigenvalue weighted by Gasteiger charge is -2.14. The first-order chi connectivity index (χ1) is 6.77. The second kappa shape index (κ2) is 5.95. The fraction of sp³-hybridized carbons (Fsp3) is 0.667. The molecule has 0 aliphatic carbocycles. The van der Waals surface area contributed by atoms with Crippen molar-refractivity contribution in [1.82, 2.24) is 10.3 Å². The van der Waals surface area contributed by atoms with Crippen LogP contribution in [0, 0.1) is 0 Å². The zero-order chi connectivity index (χ0) is 10.4. The van der Waals surface area contributed by atoms with E-state index in [-0.39, 0.29) is 0 Å². The highest BCUT2D eigenvalue weighted by Gasteiger charge is 2.05. The molecule has 0 radical (unpaired) electrons. The Labute approximate surface area is 88.9 Å². The zero-order valence-electron chi connectivity index (χ0n) is 8.91. The number of ether oxygens (including phenoxy) is 1. The molecule has 0 unspecified atom stereocenters. The number of nitrogens with one attached hydrogen (secondary N) is 1. The Morgan fingerprint density at radius 1 is 1.64 bits per heavy atom. The van der Waals surface area contributed by atoms with Crippen LogP contribution in [0.5, 0.6) is 0 Å². The number of likely N-dealkylation sites (N-methyl/N-ethyl adjacent to an activating group) is 1. The van der Waals surface area contributed by atoms with Crippen LogP contribution in [0.4, 0.5) is 5.13 Å². The summed E-state index contributed by atoms with van der Waals surface area (Å²) in [4.78, 5) is 6.58. The number of rotatable bonds is 6. The minimum atomic E-state index is 0.734. The second-order valence-electron chi connectivity index (χ2n) is 3.07. The first-order valence-electron chi connectivity index (χ1n) is 4.57. The van der Waals surface area contributed by atoms with Crippen molar-refractivity contribution >= 4 is 16.5 Å². The van der Waals surface area contributed by atoms with Crippen molar-refractivity contribution in [2.75, 3.05) is 39.3 Å². The molecule has 0 aliphatic rings. The molecule has 1 aromatic heterocycles. The predicted molar refractivity (Wildman–Crippen MR) is 60.0 cm³/mol. The van der Waals surface area contributed by atoms with Gasteiger partial charge in [-0.05, 0) is 7.05 Å². The van der Waals surface area contributed by atoms with E-state index < -0.39 is 0 Å². The molecule has 80 valence electrons. The van der Waals surface area contributed by atoms with Gasteiger partial charge in [0.1, 0.15) is 0 Å². The first-order valence-corrected chi connectivity index (χ1v) is 5.45. The van der Waals surface area contributed by atoms with Crippen LogP contribution in [0.3, 0.4) is 0 Å². The Morgan fingerprint density at radius 3 is 3.07 bits per heavy atom. The molecular formula is C9H17N3OS. The molecule has 0 saturated heterocycles.